The second kappa shape index (κ2) is 8.40. The van der Waals surface area contributed by atoms with Gasteiger partial charge in [-0.1, -0.05) is 60.2 Å². The van der Waals surface area contributed by atoms with Gasteiger partial charge in [-0.15, -0.1) is 0 Å². The zero-order valence-corrected chi connectivity index (χ0v) is 16.6. The SMILES string of the molecule is Cc1ccc(/C(O)=C2\C(=O)C(=O)N(CCCN(C)C)[C@H]2c2ccccc2)cc1. The van der Waals surface area contributed by atoms with Crippen LogP contribution in [-0.4, -0.2) is 53.8 Å². The Morgan fingerprint density at radius 1 is 1.04 bits per heavy atom. The molecule has 1 aliphatic heterocycles. The maximum atomic E-state index is 12.9. The van der Waals surface area contributed by atoms with Gasteiger partial charge in [0.05, 0.1) is 11.6 Å². The first-order valence-electron chi connectivity index (χ1n) is 9.45. The molecule has 5 nitrogen and oxygen atoms in total. The summed E-state index contributed by atoms with van der Waals surface area (Å²) >= 11 is 0. The number of amides is 1. The van der Waals surface area contributed by atoms with Gasteiger partial charge < -0.3 is 14.9 Å². The van der Waals surface area contributed by atoms with E-state index in [0.29, 0.717) is 12.1 Å². The van der Waals surface area contributed by atoms with Crippen LogP contribution in [0.15, 0.2) is 60.2 Å². The molecule has 2 aromatic carbocycles. The summed E-state index contributed by atoms with van der Waals surface area (Å²) in [6, 6.07) is 16.1. The van der Waals surface area contributed by atoms with Crippen LogP contribution in [0.3, 0.4) is 0 Å². The van der Waals surface area contributed by atoms with Gasteiger partial charge in [-0.3, -0.25) is 9.59 Å². The molecule has 2 aromatic rings. The van der Waals surface area contributed by atoms with Gasteiger partial charge in [-0.25, -0.2) is 0 Å². The molecule has 1 atom stereocenters. The van der Waals surface area contributed by atoms with Crippen LogP contribution >= 0.6 is 0 Å². The number of ketones is 1. The van der Waals surface area contributed by atoms with Gasteiger partial charge in [0.1, 0.15) is 5.76 Å². The number of Topliss-reactive ketones (excluding diaryl/α,β-unsaturated/α-hetero) is 1. The smallest absolute Gasteiger partial charge is 0.295 e. The van der Waals surface area contributed by atoms with E-state index in [1.165, 1.54) is 0 Å². The van der Waals surface area contributed by atoms with E-state index < -0.39 is 17.7 Å². The van der Waals surface area contributed by atoms with Crippen molar-refractivity contribution >= 4 is 17.4 Å². The van der Waals surface area contributed by atoms with E-state index in [1.807, 2.05) is 68.4 Å². The van der Waals surface area contributed by atoms with E-state index in [9.17, 15) is 14.7 Å². The highest BCUT2D eigenvalue weighted by molar-refractivity contribution is 6.46. The van der Waals surface area contributed by atoms with Crippen molar-refractivity contribution in [3.05, 3.63) is 76.9 Å². The first-order chi connectivity index (χ1) is 13.4. The van der Waals surface area contributed by atoms with Gasteiger partial charge >= 0.3 is 0 Å². The third kappa shape index (κ3) is 3.99. The number of hydrogen-bond acceptors (Lipinski definition) is 4. The molecule has 0 aliphatic carbocycles. The van der Waals surface area contributed by atoms with Gasteiger partial charge in [-0.05, 0) is 39.5 Å². The van der Waals surface area contributed by atoms with Gasteiger partial charge in [0.25, 0.3) is 11.7 Å². The molecule has 1 heterocycles. The topological polar surface area (TPSA) is 60.9 Å². The molecule has 1 amide bonds. The van der Waals surface area contributed by atoms with Crippen molar-refractivity contribution in [2.45, 2.75) is 19.4 Å². The summed E-state index contributed by atoms with van der Waals surface area (Å²) in [4.78, 5) is 29.3. The Bertz CT molecular complexity index is 886. The van der Waals surface area contributed by atoms with Gasteiger partial charge in [0.2, 0.25) is 0 Å². The third-order valence-corrected chi connectivity index (χ3v) is 4.98. The van der Waals surface area contributed by atoms with Crippen LogP contribution in [0.25, 0.3) is 5.76 Å². The Kier molecular flexibility index (Phi) is 5.95. The van der Waals surface area contributed by atoms with Crippen LogP contribution in [0.2, 0.25) is 0 Å². The molecule has 0 aromatic heterocycles. The van der Waals surface area contributed by atoms with E-state index in [-0.39, 0.29) is 11.3 Å². The van der Waals surface area contributed by atoms with Crippen LogP contribution in [0.5, 0.6) is 0 Å². The molecule has 146 valence electrons. The van der Waals surface area contributed by atoms with E-state index in [4.69, 9.17) is 0 Å². The summed E-state index contributed by atoms with van der Waals surface area (Å²) in [5, 5.41) is 10.9. The van der Waals surface area contributed by atoms with Crippen LogP contribution in [0.4, 0.5) is 0 Å². The van der Waals surface area contributed by atoms with Gasteiger partial charge in [0.15, 0.2) is 0 Å². The Labute approximate surface area is 165 Å². The highest BCUT2D eigenvalue weighted by Crippen LogP contribution is 2.39. The molecule has 28 heavy (non-hydrogen) atoms. The second-order valence-corrected chi connectivity index (χ2v) is 7.43. The van der Waals surface area contributed by atoms with Crippen LogP contribution in [-0.2, 0) is 9.59 Å². The Morgan fingerprint density at radius 3 is 2.29 bits per heavy atom. The molecular formula is C23H26N2O3. The summed E-state index contributed by atoms with van der Waals surface area (Å²) < 4.78 is 0. The fourth-order valence-corrected chi connectivity index (χ4v) is 3.52. The number of carbonyl (C=O) groups excluding carboxylic acids is 2. The van der Waals surface area contributed by atoms with E-state index in [0.717, 1.165) is 24.1 Å². The minimum absolute atomic E-state index is 0.123. The largest absolute Gasteiger partial charge is 0.507 e. The number of nitrogens with zero attached hydrogens (tertiary/aromatic N) is 2. The summed E-state index contributed by atoms with van der Waals surface area (Å²) in [6.07, 6.45) is 0.744. The lowest BCUT2D eigenvalue weighted by Gasteiger charge is -2.26. The molecule has 0 unspecified atom stereocenters. The molecular weight excluding hydrogens is 352 g/mol. The van der Waals surface area contributed by atoms with Crippen molar-refractivity contribution in [3.63, 3.8) is 0 Å². The molecule has 0 saturated carbocycles. The molecule has 0 bridgehead atoms. The zero-order valence-electron chi connectivity index (χ0n) is 16.6. The average molecular weight is 378 g/mol. The van der Waals surface area contributed by atoms with Gasteiger partial charge in [-0.2, -0.15) is 0 Å². The predicted molar refractivity (Wildman–Crippen MR) is 110 cm³/mol. The second-order valence-electron chi connectivity index (χ2n) is 7.43. The van der Waals surface area contributed by atoms with Crippen LogP contribution < -0.4 is 0 Å². The molecule has 1 fully saturated rings. The first-order valence-corrected chi connectivity index (χ1v) is 9.45. The number of aliphatic hydroxyl groups excluding tert-OH is 1. The maximum absolute atomic E-state index is 12.9. The Balaban J connectivity index is 2.06. The minimum Gasteiger partial charge on any atom is -0.507 e. The number of aliphatic hydroxyl groups is 1. The number of rotatable bonds is 6. The quantitative estimate of drug-likeness (QED) is 0.476. The van der Waals surface area contributed by atoms with Crippen molar-refractivity contribution in [2.24, 2.45) is 0 Å². The zero-order chi connectivity index (χ0) is 20.3. The van der Waals surface area contributed by atoms with Crippen molar-refractivity contribution in [1.82, 2.24) is 9.80 Å². The molecule has 3 rings (SSSR count). The number of hydrogen-bond donors (Lipinski definition) is 1. The normalized spacial score (nSPS) is 18.9. The highest BCUT2D eigenvalue weighted by Gasteiger charge is 2.45. The summed E-state index contributed by atoms with van der Waals surface area (Å²) in [5.41, 5.74) is 2.57. The third-order valence-electron chi connectivity index (χ3n) is 4.98. The molecule has 0 radical (unpaired) electrons. The lowest BCUT2D eigenvalue weighted by atomic mass is 9.95. The van der Waals surface area contributed by atoms with Gasteiger partial charge in [0, 0.05) is 12.1 Å². The summed E-state index contributed by atoms with van der Waals surface area (Å²) in [7, 11) is 3.94. The molecule has 0 spiro atoms. The minimum atomic E-state index is -0.628. The van der Waals surface area contributed by atoms with E-state index >= 15 is 0 Å². The van der Waals surface area contributed by atoms with E-state index in [2.05, 4.69) is 0 Å². The lowest BCUT2D eigenvalue weighted by molar-refractivity contribution is -0.139. The Morgan fingerprint density at radius 2 is 1.68 bits per heavy atom. The molecule has 1 N–H and O–H groups in total. The monoisotopic (exact) mass is 378 g/mol. The number of likely N-dealkylation sites (tertiary alicyclic amines) is 1. The Hall–Kier alpha value is -2.92. The fraction of sp³-hybridized carbons (Fsp3) is 0.304. The van der Waals surface area contributed by atoms with Crippen LogP contribution in [0, 0.1) is 6.92 Å². The van der Waals surface area contributed by atoms with Crippen molar-refractivity contribution < 1.29 is 14.7 Å². The number of benzene rings is 2. The van der Waals surface area contributed by atoms with Crippen molar-refractivity contribution in [1.29, 1.82) is 0 Å². The average Bonchev–Trinajstić information content (AvgIpc) is 2.93. The number of aryl methyl sites for hydroxylation is 1. The lowest BCUT2D eigenvalue weighted by Crippen LogP contribution is -2.32. The highest BCUT2D eigenvalue weighted by atomic mass is 16.3. The summed E-state index contributed by atoms with van der Waals surface area (Å²) in [6.45, 7) is 3.22. The molecule has 5 heteroatoms. The molecule has 1 saturated heterocycles. The van der Waals surface area contributed by atoms with Crippen molar-refractivity contribution in [2.75, 3.05) is 27.2 Å². The maximum Gasteiger partial charge on any atom is 0.295 e. The predicted octanol–water partition coefficient (Wildman–Crippen LogP) is 3.37. The van der Waals surface area contributed by atoms with Crippen LogP contribution in [0.1, 0.15) is 29.2 Å². The number of carbonyl (C=O) groups is 2. The summed E-state index contributed by atoms with van der Waals surface area (Å²) in [5.74, 6) is -1.31. The fourth-order valence-electron chi connectivity index (χ4n) is 3.52. The van der Waals surface area contributed by atoms with E-state index in [1.54, 1.807) is 17.0 Å². The molecule has 1 aliphatic rings. The van der Waals surface area contributed by atoms with Crippen molar-refractivity contribution in [3.8, 4) is 0 Å². The first kappa shape index (κ1) is 19.8. The standard InChI is InChI=1S/C23H26N2O3/c1-16-10-12-18(13-11-16)21(26)19-20(17-8-5-4-6-9-17)25(23(28)22(19)27)15-7-14-24(2)3/h4-6,8-13,20,26H,7,14-15H2,1-3H3/b21-19+/t20-/m0/s1.